The van der Waals surface area contributed by atoms with E-state index in [-0.39, 0.29) is 5.41 Å². The summed E-state index contributed by atoms with van der Waals surface area (Å²) in [7, 11) is 0. The molecule has 3 rings (SSSR count). The van der Waals surface area contributed by atoms with Crippen LogP contribution < -0.4 is 5.69 Å². The van der Waals surface area contributed by atoms with Gasteiger partial charge in [-0.15, -0.1) is 4.68 Å². The van der Waals surface area contributed by atoms with Crippen molar-refractivity contribution < 1.29 is 4.79 Å². The van der Waals surface area contributed by atoms with E-state index in [2.05, 4.69) is 24.3 Å². The number of likely N-dealkylation sites (tertiary alicyclic amines) is 1. The second kappa shape index (κ2) is 5.81. The minimum atomic E-state index is -0.595. The molecule has 0 radical (unpaired) electrons. The summed E-state index contributed by atoms with van der Waals surface area (Å²) in [5, 5.41) is 7.98. The van der Waals surface area contributed by atoms with E-state index in [0.29, 0.717) is 23.8 Å². The highest BCUT2D eigenvalue weighted by Gasteiger charge is 2.30. The molecule has 1 aromatic heterocycles. The Hall–Kier alpha value is -2.15. The fourth-order valence-corrected chi connectivity index (χ4v) is 2.76. The summed E-state index contributed by atoms with van der Waals surface area (Å²) < 4.78 is 1.87. The van der Waals surface area contributed by atoms with Gasteiger partial charge in [-0.2, -0.15) is 4.68 Å². The zero-order valence-corrected chi connectivity index (χ0v) is 13.8. The molecule has 0 atom stereocenters. The number of aromatic nitrogens is 4. The van der Waals surface area contributed by atoms with Crippen LogP contribution in [0, 0.1) is 5.41 Å². The lowest BCUT2D eigenvalue weighted by Crippen LogP contribution is -2.46. The molecule has 1 amide bonds. The van der Waals surface area contributed by atoms with Gasteiger partial charge < -0.3 is 4.90 Å². The maximum absolute atomic E-state index is 12.5. The summed E-state index contributed by atoms with van der Waals surface area (Å²) in [4.78, 5) is 26.5. The van der Waals surface area contributed by atoms with Crippen molar-refractivity contribution in [2.24, 2.45) is 5.41 Å². The number of carbonyl (C=O) groups excluding carboxylic acids is 1. The average molecular weight is 336 g/mol. The number of piperidine rings is 1. The minimum Gasteiger partial charge on any atom is -0.323 e. The number of hydrogen-bond acceptors (Lipinski definition) is 4. The molecule has 1 saturated heterocycles. The van der Waals surface area contributed by atoms with Crippen molar-refractivity contribution >= 4 is 17.6 Å². The monoisotopic (exact) mass is 335 g/mol. The highest BCUT2D eigenvalue weighted by atomic mass is 35.5. The van der Waals surface area contributed by atoms with E-state index in [0.717, 1.165) is 22.2 Å². The molecule has 1 aliphatic heterocycles. The topological polar surface area (TPSA) is 73.0 Å². The van der Waals surface area contributed by atoms with Crippen LogP contribution in [0.3, 0.4) is 0 Å². The SMILES string of the molecule is CC1(C)CCN(C(=O)n2nnn(-c3cccc(Cl)c3)c2=O)CC1. The van der Waals surface area contributed by atoms with Crippen LogP contribution in [0.25, 0.3) is 5.69 Å². The molecule has 0 aliphatic carbocycles. The van der Waals surface area contributed by atoms with Gasteiger partial charge in [0.15, 0.2) is 0 Å². The fraction of sp³-hybridized carbons (Fsp3) is 0.467. The van der Waals surface area contributed by atoms with Crippen molar-refractivity contribution in [2.75, 3.05) is 13.1 Å². The van der Waals surface area contributed by atoms with Crippen LogP contribution in [0.15, 0.2) is 29.1 Å². The maximum atomic E-state index is 12.5. The Morgan fingerprint density at radius 2 is 1.91 bits per heavy atom. The number of rotatable bonds is 1. The molecule has 8 heteroatoms. The average Bonchev–Trinajstić information content (AvgIpc) is 2.88. The highest BCUT2D eigenvalue weighted by Crippen LogP contribution is 2.29. The van der Waals surface area contributed by atoms with Gasteiger partial charge in [-0.3, -0.25) is 0 Å². The third-order valence-corrected chi connectivity index (χ3v) is 4.44. The first kappa shape index (κ1) is 15.7. The number of amides is 1. The van der Waals surface area contributed by atoms with Gasteiger partial charge in [0.1, 0.15) is 0 Å². The Morgan fingerprint density at radius 1 is 1.22 bits per heavy atom. The standard InChI is InChI=1S/C15H18ClN5O2/c1-15(2)6-8-19(9-7-15)13(22)21-14(23)20(17-18-21)12-5-3-4-11(16)10-12/h3-5,10H,6-9H2,1-2H3. The quantitative estimate of drug-likeness (QED) is 0.749. The van der Waals surface area contributed by atoms with E-state index in [1.807, 2.05) is 0 Å². The third kappa shape index (κ3) is 3.14. The van der Waals surface area contributed by atoms with E-state index < -0.39 is 11.7 Å². The largest absolute Gasteiger partial charge is 0.377 e. The molecule has 7 nitrogen and oxygen atoms in total. The smallest absolute Gasteiger partial charge is 0.323 e. The van der Waals surface area contributed by atoms with Crippen LogP contribution in [0.1, 0.15) is 26.7 Å². The lowest BCUT2D eigenvalue weighted by Gasteiger charge is -2.36. The molecule has 23 heavy (non-hydrogen) atoms. The van der Waals surface area contributed by atoms with Crippen molar-refractivity contribution in [3.8, 4) is 5.69 Å². The lowest BCUT2D eigenvalue weighted by molar-refractivity contribution is 0.138. The number of benzene rings is 1. The summed E-state index contributed by atoms with van der Waals surface area (Å²) in [5.41, 5.74) is 0.101. The minimum absolute atomic E-state index is 0.222. The predicted octanol–water partition coefficient (Wildman–Crippen LogP) is 2.17. The Bertz CT molecular complexity index is 785. The molecule has 1 fully saturated rings. The van der Waals surface area contributed by atoms with Gasteiger partial charge in [0.05, 0.1) is 5.69 Å². The zero-order chi connectivity index (χ0) is 16.6. The van der Waals surface area contributed by atoms with Crippen LogP contribution >= 0.6 is 11.6 Å². The van der Waals surface area contributed by atoms with Gasteiger partial charge in [0, 0.05) is 18.1 Å². The fourth-order valence-electron chi connectivity index (χ4n) is 2.57. The molecule has 0 unspecified atom stereocenters. The molecule has 0 saturated carbocycles. The number of tetrazole rings is 1. The van der Waals surface area contributed by atoms with Crippen molar-refractivity contribution in [1.29, 1.82) is 0 Å². The van der Waals surface area contributed by atoms with Crippen LogP contribution in [-0.2, 0) is 0 Å². The van der Waals surface area contributed by atoms with Crippen LogP contribution in [0.4, 0.5) is 4.79 Å². The predicted molar refractivity (Wildman–Crippen MR) is 86.0 cm³/mol. The van der Waals surface area contributed by atoms with Crippen LogP contribution in [0.2, 0.25) is 5.02 Å². The number of carbonyl (C=O) groups is 1. The molecule has 1 aromatic carbocycles. The molecule has 1 aliphatic rings. The maximum Gasteiger partial charge on any atom is 0.377 e. The zero-order valence-electron chi connectivity index (χ0n) is 13.1. The lowest BCUT2D eigenvalue weighted by atomic mass is 9.83. The van der Waals surface area contributed by atoms with Crippen molar-refractivity contribution in [3.63, 3.8) is 0 Å². The van der Waals surface area contributed by atoms with Gasteiger partial charge in [-0.25, -0.2) is 9.59 Å². The second-order valence-electron chi connectivity index (χ2n) is 6.50. The highest BCUT2D eigenvalue weighted by molar-refractivity contribution is 6.30. The number of halogens is 1. The van der Waals surface area contributed by atoms with Crippen molar-refractivity contribution in [2.45, 2.75) is 26.7 Å². The summed E-state index contributed by atoms with van der Waals surface area (Å²) in [6, 6.07) is 6.24. The molecular weight excluding hydrogens is 318 g/mol. The normalized spacial score (nSPS) is 17.3. The third-order valence-electron chi connectivity index (χ3n) is 4.20. The first-order chi connectivity index (χ1) is 10.9. The molecule has 0 bridgehead atoms. The van der Waals surface area contributed by atoms with Gasteiger partial charge >= 0.3 is 11.7 Å². The molecule has 122 valence electrons. The van der Waals surface area contributed by atoms with Gasteiger partial charge in [0.25, 0.3) is 0 Å². The van der Waals surface area contributed by atoms with E-state index >= 15 is 0 Å². The van der Waals surface area contributed by atoms with Crippen molar-refractivity contribution in [1.82, 2.24) is 24.7 Å². The van der Waals surface area contributed by atoms with E-state index in [9.17, 15) is 9.59 Å². The van der Waals surface area contributed by atoms with Crippen LogP contribution in [-0.4, -0.2) is 43.8 Å². The summed E-state index contributed by atoms with van der Waals surface area (Å²) in [6.45, 7) is 5.58. The first-order valence-corrected chi connectivity index (χ1v) is 7.85. The van der Waals surface area contributed by atoms with Gasteiger partial charge in [0.2, 0.25) is 0 Å². The number of nitrogens with zero attached hydrogens (tertiary/aromatic N) is 5. The summed E-state index contributed by atoms with van der Waals surface area (Å²) in [5.74, 6) is 0. The molecule has 0 spiro atoms. The van der Waals surface area contributed by atoms with E-state index in [1.165, 1.54) is 0 Å². The van der Waals surface area contributed by atoms with Crippen molar-refractivity contribution in [3.05, 3.63) is 39.8 Å². The molecule has 2 heterocycles. The van der Waals surface area contributed by atoms with Gasteiger partial charge in [-0.05, 0) is 46.9 Å². The molecular formula is C15H18ClN5O2. The summed E-state index contributed by atoms with van der Waals surface area (Å²) in [6.07, 6.45) is 1.80. The molecule has 0 N–H and O–H groups in total. The Labute approximate surface area is 138 Å². The first-order valence-electron chi connectivity index (χ1n) is 7.48. The second-order valence-corrected chi connectivity index (χ2v) is 6.94. The Morgan fingerprint density at radius 3 is 2.57 bits per heavy atom. The van der Waals surface area contributed by atoms with Crippen LogP contribution in [0.5, 0.6) is 0 Å². The molecule has 2 aromatic rings. The van der Waals surface area contributed by atoms with E-state index in [1.54, 1.807) is 29.2 Å². The van der Waals surface area contributed by atoms with Gasteiger partial charge in [-0.1, -0.05) is 31.5 Å². The van der Waals surface area contributed by atoms with E-state index in [4.69, 9.17) is 11.6 Å². The number of hydrogen-bond donors (Lipinski definition) is 0. The summed E-state index contributed by atoms with van der Waals surface area (Å²) >= 11 is 5.92. The Kier molecular flexibility index (Phi) is 3.97. The Balaban J connectivity index is 1.85.